The van der Waals surface area contributed by atoms with Crippen molar-refractivity contribution in [3.8, 4) is 0 Å². The molecule has 0 atom stereocenters. The summed E-state index contributed by atoms with van der Waals surface area (Å²) < 4.78 is 2.28. The molecule has 0 radical (unpaired) electrons. The summed E-state index contributed by atoms with van der Waals surface area (Å²) >= 11 is 0. The molecule has 0 bridgehead atoms. The highest BCUT2D eigenvalue weighted by Crippen LogP contribution is 2.16. The molecule has 0 aromatic carbocycles. The Morgan fingerprint density at radius 1 is 1.25 bits per heavy atom. The molecular weight excluding hydrogens is 250 g/mol. The van der Waals surface area contributed by atoms with Gasteiger partial charge in [-0.3, -0.25) is 4.79 Å². The molecule has 1 aromatic rings. The Labute approximate surface area is 122 Å². The lowest BCUT2D eigenvalue weighted by molar-refractivity contribution is 0.0953. The predicted molar refractivity (Wildman–Crippen MR) is 82.2 cm³/mol. The Balaban J connectivity index is 2.01. The summed E-state index contributed by atoms with van der Waals surface area (Å²) in [5.41, 5.74) is 3.11. The highest BCUT2D eigenvalue weighted by molar-refractivity contribution is 5.95. The monoisotopic (exact) mass is 277 g/mol. The second-order valence-corrected chi connectivity index (χ2v) is 5.74. The zero-order chi connectivity index (χ0) is 14.5. The fraction of sp³-hybridized carbons (Fsp3) is 0.688. The van der Waals surface area contributed by atoms with Crippen LogP contribution in [0, 0.1) is 13.8 Å². The van der Waals surface area contributed by atoms with Gasteiger partial charge in [-0.1, -0.05) is 6.92 Å². The average Bonchev–Trinajstić information content (AvgIpc) is 3.03. The van der Waals surface area contributed by atoms with Crippen LogP contribution in [0.1, 0.15) is 47.9 Å². The van der Waals surface area contributed by atoms with Crippen LogP contribution >= 0.6 is 0 Å². The highest BCUT2D eigenvalue weighted by Gasteiger charge is 2.16. The summed E-state index contributed by atoms with van der Waals surface area (Å²) in [7, 11) is 0. The lowest BCUT2D eigenvalue weighted by Crippen LogP contribution is -2.26. The van der Waals surface area contributed by atoms with Gasteiger partial charge < -0.3 is 14.8 Å². The maximum Gasteiger partial charge on any atom is 0.253 e. The van der Waals surface area contributed by atoms with Crippen LogP contribution < -0.4 is 5.32 Å². The molecule has 4 heteroatoms. The largest absolute Gasteiger partial charge is 0.352 e. The van der Waals surface area contributed by atoms with Crippen molar-refractivity contribution in [2.24, 2.45) is 0 Å². The Kier molecular flexibility index (Phi) is 5.24. The molecule has 4 nitrogen and oxygen atoms in total. The van der Waals surface area contributed by atoms with Crippen molar-refractivity contribution in [1.29, 1.82) is 0 Å². The minimum absolute atomic E-state index is 0.0624. The summed E-state index contributed by atoms with van der Waals surface area (Å²) in [6.07, 6.45) is 3.63. The van der Waals surface area contributed by atoms with Gasteiger partial charge in [0.1, 0.15) is 0 Å². The van der Waals surface area contributed by atoms with E-state index in [4.69, 9.17) is 0 Å². The summed E-state index contributed by atoms with van der Waals surface area (Å²) in [6, 6.07) is 2.02. The van der Waals surface area contributed by atoms with Gasteiger partial charge in [0.25, 0.3) is 5.91 Å². The molecule has 1 N–H and O–H groups in total. The first-order chi connectivity index (χ1) is 9.63. The van der Waals surface area contributed by atoms with E-state index in [1.54, 1.807) is 0 Å². The Hall–Kier alpha value is -1.29. The van der Waals surface area contributed by atoms with Gasteiger partial charge in [0.15, 0.2) is 0 Å². The van der Waals surface area contributed by atoms with Crippen LogP contribution in [0.2, 0.25) is 0 Å². The number of aromatic nitrogens is 1. The molecule has 0 unspecified atom stereocenters. The third-order valence-corrected chi connectivity index (χ3v) is 4.19. The van der Waals surface area contributed by atoms with Gasteiger partial charge in [-0.15, -0.1) is 0 Å². The van der Waals surface area contributed by atoms with E-state index in [0.717, 1.165) is 37.3 Å². The molecule has 1 aliphatic rings. The van der Waals surface area contributed by atoms with Crippen molar-refractivity contribution in [1.82, 2.24) is 14.8 Å². The molecule has 112 valence electrons. The van der Waals surface area contributed by atoms with Gasteiger partial charge in [-0.05, 0) is 52.3 Å². The fourth-order valence-electron chi connectivity index (χ4n) is 2.96. The molecule has 0 spiro atoms. The zero-order valence-corrected chi connectivity index (χ0v) is 13.0. The lowest BCUT2D eigenvalue weighted by Gasteiger charge is -2.17. The zero-order valence-electron chi connectivity index (χ0n) is 13.0. The van der Waals surface area contributed by atoms with E-state index in [1.807, 2.05) is 6.07 Å². The van der Waals surface area contributed by atoms with E-state index in [9.17, 15) is 4.79 Å². The molecule has 2 heterocycles. The Morgan fingerprint density at radius 2 is 1.95 bits per heavy atom. The van der Waals surface area contributed by atoms with Crippen LogP contribution in [0.25, 0.3) is 0 Å². The molecule has 1 aromatic heterocycles. The maximum atomic E-state index is 12.1. The van der Waals surface area contributed by atoms with Crippen molar-refractivity contribution < 1.29 is 4.79 Å². The molecule has 2 rings (SSSR count). The second kappa shape index (κ2) is 6.93. The van der Waals surface area contributed by atoms with Gasteiger partial charge in [-0.25, -0.2) is 0 Å². The molecule has 20 heavy (non-hydrogen) atoms. The number of hydrogen-bond acceptors (Lipinski definition) is 2. The number of amides is 1. The number of carbonyl (C=O) groups is 1. The molecule has 0 saturated carbocycles. The van der Waals surface area contributed by atoms with E-state index >= 15 is 0 Å². The summed E-state index contributed by atoms with van der Waals surface area (Å²) in [5, 5.41) is 2.96. The van der Waals surface area contributed by atoms with Crippen molar-refractivity contribution >= 4 is 5.91 Å². The molecule has 1 aliphatic heterocycles. The van der Waals surface area contributed by atoms with E-state index in [2.05, 4.69) is 35.6 Å². The SMILES string of the molecule is CCCNC(=O)c1cc(C)n(CCN2CCCC2)c1C. The van der Waals surface area contributed by atoms with Gasteiger partial charge in [0, 0.05) is 31.0 Å². The molecule has 0 aliphatic carbocycles. The van der Waals surface area contributed by atoms with Crippen LogP contribution in [-0.4, -0.2) is 41.6 Å². The van der Waals surface area contributed by atoms with Gasteiger partial charge >= 0.3 is 0 Å². The van der Waals surface area contributed by atoms with Crippen LogP contribution in [0.5, 0.6) is 0 Å². The first kappa shape index (κ1) is 15.1. The minimum Gasteiger partial charge on any atom is -0.352 e. The van der Waals surface area contributed by atoms with Crippen LogP contribution in [-0.2, 0) is 6.54 Å². The van der Waals surface area contributed by atoms with Gasteiger partial charge in [0.2, 0.25) is 0 Å². The van der Waals surface area contributed by atoms with Crippen LogP contribution in [0.15, 0.2) is 6.07 Å². The van der Waals surface area contributed by atoms with Gasteiger partial charge in [0.05, 0.1) is 5.56 Å². The number of hydrogen-bond donors (Lipinski definition) is 1. The molecular formula is C16H27N3O. The van der Waals surface area contributed by atoms with E-state index < -0.39 is 0 Å². The Bertz CT molecular complexity index is 459. The van der Waals surface area contributed by atoms with Crippen molar-refractivity contribution in [2.45, 2.75) is 46.6 Å². The smallest absolute Gasteiger partial charge is 0.253 e. The number of aryl methyl sites for hydroxylation is 1. The minimum atomic E-state index is 0.0624. The number of likely N-dealkylation sites (tertiary alicyclic amines) is 1. The van der Waals surface area contributed by atoms with Gasteiger partial charge in [-0.2, -0.15) is 0 Å². The topological polar surface area (TPSA) is 37.3 Å². The average molecular weight is 277 g/mol. The summed E-state index contributed by atoms with van der Waals surface area (Å²) in [4.78, 5) is 14.6. The number of carbonyl (C=O) groups excluding carboxylic acids is 1. The number of nitrogens with one attached hydrogen (secondary N) is 1. The molecule has 1 amide bonds. The summed E-state index contributed by atoms with van der Waals surface area (Å²) in [6.45, 7) is 11.5. The molecule has 1 fully saturated rings. The van der Waals surface area contributed by atoms with Crippen molar-refractivity contribution in [2.75, 3.05) is 26.2 Å². The normalized spacial score (nSPS) is 15.8. The first-order valence-corrected chi connectivity index (χ1v) is 7.80. The van der Waals surface area contributed by atoms with Crippen LogP contribution in [0.3, 0.4) is 0 Å². The van der Waals surface area contributed by atoms with E-state index in [-0.39, 0.29) is 5.91 Å². The maximum absolute atomic E-state index is 12.1. The first-order valence-electron chi connectivity index (χ1n) is 7.80. The standard InChI is InChI=1S/C16H27N3O/c1-4-7-17-16(20)15-12-13(2)19(14(15)3)11-10-18-8-5-6-9-18/h12H,4-11H2,1-3H3,(H,17,20). The van der Waals surface area contributed by atoms with Crippen molar-refractivity contribution in [3.05, 3.63) is 23.0 Å². The fourth-order valence-corrected chi connectivity index (χ4v) is 2.96. The second-order valence-electron chi connectivity index (χ2n) is 5.74. The third-order valence-electron chi connectivity index (χ3n) is 4.19. The van der Waals surface area contributed by atoms with E-state index in [1.165, 1.54) is 31.6 Å². The quantitative estimate of drug-likeness (QED) is 0.866. The van der Waals surface area contributed by atoms with E-state index in [0.29, 0.717) is 0 Å². The predicted octanol–water partition coefficient (Wildman–Crippen LogP) is 2.34. The molecule has 1 saturated heterocycles. The highest BCUT2D eigenvalue weighted by atomic mass is 16.1. The van der Waals surface area contributed by atoms with Crippen molar-refractivity contribution in [3.63, 3.8) is 0 Å². The lowest BCUT2D eigenvalue weighted by atomic mass is 10.2. The summed E-state index contributed by atoms with van der Waals surface area (Å²) in [5.74, 6) is 0.0624. The van der Waals surface area contributed by atoms with Crippen LogP contribution in [0.4, 0.5) is 0 Å². The number of rotatable bonds is 6. The third kappa shape index (κ3) is 3.42. The Morgan fingerprint density at radius 3 is 2.60 bits per heavy atom. The number of nitrogens with zero attached hydrogens (tertiary/aromatic N) is 2.